The van der Waals surface area contributed by atoms with E-state index < -0.39 is 0 Å². The van der Waals surface area contributed by atoms with Crippen molar-refractivity contribution < 1.29 is 5.11 Å². The Hall–Kier alpha value is -1.71. The van der Waals surface area contributed by atoms with Crippen molar-refractivity contribution in [3.05, 3.63) is 24.5 Å². The van der Waals surface area contributed by atoms with Crippen molar-refractivity contribution in [2.24, 2.45) is 0 Å². The van der Waals surface area contributed by atoms with E-state index in [0.29, 0.717) is 5.69 Å². The number of nitrogens with two attached hydrogens (primary N) is 1. The van der Waals surface area contributed by atoms with Crippen LogP contribution >= 0.6 is 0 Å². The highest BCUT2D eigenvalue weighted by Gasteiger charge is 1.99. The number of anilines is 1. The predicted molar refractivity (Wildman–Crippen MR) is 41.3 cm³/mol. The number of pyridine rings is 1. The van der Waals surface area contributed by atoms with E-state index in [1.807, 2.05) is 0 Å². The summed E-state index contributed by atoms with van der Waals surface area (Å²) in [7, 11) is 0. The largest absolute Gasteiger partial charge is 0.506 e. The summed E-state index contributed by atoms with van der Waals surface area (Å²) in [5.74, 6) is 0.124. The third-order valence-electron chi connectivity index (χ3n) is 1.52. The molecule has 4 nitrogen and oxygen atoms in total. The molecule has 0 unspecified atom stereocenters. The molecule has 2 aromatic heterocycles. The second-order valence-electron chi connectivity index (χ2n) is 2.31. The topological polar surface area (TPSA) is 63.5 Å². The maximum atomic E-state index is 9.09. The fourth-order valence-corrected chi connectivity index (χ4v) is 1.04. The molecule has 0 aliphatic carbocycles. The molecular formula is C7H7N3O. The highest BCUT2D eigenvalue weighted by molar-refractivity contribution is 5.69. The van der Waals surface area contributed by atoms with E-state index in [9.17, 15) is 0 Å². The minimum absolute atomic E-state index is 0.124. The number of rotatable bonds is 0. The van der Waals surface area contributed by atoms with Gasteiger partial charge < -0.3 is 10.8 Å². The molecule has 0 aliphatic heterocycles. The number of nitrogens with zero attached hydrogens (tertiary/aromatic N) is 2. The molecule has 56 valence electrons. The van der Waals surface area contributed by atoms with Crippen LogP contribution in [-0.2, 0) is 0 Å². The third kappa shape index (κ3) is 0.797. The standard InChI is InChI=1S/C7H7N3O/c8-6-3-5(11)4-10-7(6)1-2-9-10/h1-4,11H,8H2. The van der Waals surface area contributed by atoms with Crippen LogP contribution in [-0.4, -0.2) is 14.7 Å². The monoisotopic (exact) mass is 149 g/mol. The highest BCUT2D eigenvalue weighted by atomic mass is 16.3. The van der Waals surface area contributed by atoms with E-state index in [0.717, 1.165) is 5.52 Å². The molecule has 0 saturated carbocycles. The third-order valence-corrected chi connectivity index (χ3v) is 1.52. The first-order chi connectivity index (χ1) is 5.27. The minimum Gasteiger partial charge on any atom is -0.506 e. The molecule has 0 saturated heterocycles. The molecule has 0 spiro atoms. The van der Waals surface area contributed by atoms with Crippen LogP contribution in [0.5, 0.6) is 5.75 Å². The Morgan fingerprint density at radius 2 is 2.36 bits per heavy atom. The van der Waals surface area contributed by atoms with Gasteiger partial charge >= 0.3 is 0 Å². The van der Waals surface area contributed by atoms with Crippen LogP contribution in [0.1, 0.15) is 0 Å². The average Bonchev–Trinajstić information content (AvgIpc) is 2.34. The van der Waals surface area contributed by atoms with Crippen LogP contribution in [0, 0.1) is 0 Å². The lowest BCUT2D eigenvalue weighted by Gasteiger charge is -1.98. The molecule has 0 amide bonds. The van der Waals surface area contributed by atoms with Gasteiger partial charge in [-0.25, -0.2) is 4.52 Å². The lowest BCUT2D eigenvalue weighted by Crippen LogP contribution is -1.91. The summed E-state index contributed by atoms with van der Waals surface area (Å²) in [6.45, 7) is 0. The first kappa shape index (κ1) is 6.03. The summed E-state index contributed by atoms with van der Waals surface area (Å²) in [5, 5.41) is 13.0. The predicted octanol–water partition coefficient (Wildman–Crippen LogP) is 0.622. The molecule has 0 radical (unpaired) electrons. The zero-order valence-corrected chi connectivity index (χ0v) is 5.73. The summed E-state index contributed by atoms with van der Waals surface area (Å²) in [6.07, 6.45) is 3.14. The van der Waals surface area contributed by atoms with Gasteiger partial charge in [-0.2, -0.15) is 5.10 Å². The van der Waals surface area contributed by atoms with Crippen molar-refractivity contribution in [1.82, 2.24) is 9.61 Å². The van der Waals surface area contributed by atoms with Crippen LogP contribution in [0.4, 0.5) is 5.69 Å². The minimum atomic E-state index is 0.124. The molecule has 11 heavy (non-hydrogen) atoms. The van der Waals surface area contributed by atoms with Crippen molar-refractivity contribution in [3.8, 4) is 5.75 Å². The maximum Gasteiger partial charge on any atom is 0.136 e. The number of hydrogen-bond acceptors (Lipinski definition) is 3. The summed E-state index contributed by atoms with van der Waals surface area (Å²) in [6, 6.07) is 3.28. The first-order valence-corrected chi connectivity index (χ1v) is 3.19. The van der Waals surface area contributed by atoms with Crippen LogP contribution in [0.2, 0.25) is 0 Å². The number of hydrogen-bond donors (Lipinski definition) is 2. The maximum absolute atomic E-state index is 9.09. The van der Waals surface area contributed by atoms with E-state index >= 15 is 0 Å². The summed E-state index contributed by atoms with van der Waals surface area (Å²) in [5.41, 5.74) is 6.92. The van der Waals surface area contributed by atoms with E-state index in [4.69, 9.17) is 10.8 Å². The molecule has 0 fully saturated rings. The number of aromatic nitrogens is 2. The smallest absolute Gasteiger partial charge is 0.136 e. The van der Waals surface area contributed by atoms with Crippen LogP contribution in [0.25, 0.3) is 5.52 Å². The fourth-order valence-electron chi connectivity index (χ4n) is 1.04. The second kappa shape index (κ2) is 1.88. The van der Waals surface area contributed by atoms with Gasteiger partial charge in [0.1, 0.15) is 5.75 Å². The van der Waals surface area contributed by atoms with E-state index in [1.165, 1.54) is 16.8 Å². The van der Waals surface area contributed by atoms with Crippen molar-refractivity contribution >= 4 is 11.2 Å². The van der Waals surface area contributed by atoms with Gasteiger partial charge in [0.25, 0.3) is 0 Å². The van der Waals surface area contributed by atoms with E-state index in [1.54, 1.807) is 12.3 Å². The quantitative estimate of drug-likeness (QED) is 0.577. The zero-order valence-electron chi connectivity index (χ0n) is 5.73. The Labute approximate surface area is 62.9 Å². The summed E-state index contributed by atoms with van der Waals surface area (Å²) < 4.78 is 1.53. The fraction of sp³-hybridized carbons (Fsp3) is 0. The van der Waals surface area contributed by atoms with Crippen molar-refractivity contribution in [2.75, 3.05) is 5.73 Å². The van der Waals surface area contributed by atoms with Gasteiger partial charge in [-0.1, -0.05) is 0 Å². The van der Waals surface area contributed by atoms with Crippen LogP contribution in [0.3, 0.4) is 0 Å². The molecule has 0 bridgehead atoms. The zero-order chi connectivity index (χ0) is 7.84. The Kier molecular flexibility index (Phi) is 1.03. The Bertz CT molecular complexity index is 393. The highest BCUT2D eigenvalue weighted by Crippen LogP contribution is 2.18. The number of fused-ring (bicyclic) bond motifs is 1. The van der Waals surface area contributed by atoms with E-state index in [2.05, 4.69) is 5.10 Å². The van der Waals surface area contributed by atoms with Crippen LogP contribution < -0.4 is 5.73 Å². The molecular weight excluding hydrogens is 142 g/mol. The molecule has 3 N–H and O–H groups in total. The summed E-state index contributed by atoms with van der Waals surface area (Å²) >= 11 is 0. The normalized spacial score (nSPS) is 10.5. The Morgan fingerprint density at radius 1 is 1.55 bits per heavy atom. The lowest BCUT2D eigenvalue weighted by molar-refractivity contribution is 0.471. The second-order valence-corrected chi connectivity index (χ2v) is 2.31. The molecule has 0 aromatic carbocycles. The van der Waals surface area contributed by atoms with Gasteiger partial charge in [-0.3, -0.25) is 0 Å². The van der Waals surface area contributed by atoms with Gasteiger partial charge in [-0.05, 0) is 6.07 Å². The molecule has 0 aliphatic rings. The summed E-state index contributed by atoms with van der Waals surface area (Å²) in [4.78, 5) is 0. The van der Waals surface area contributed by atoms with Gasteiger partial charge in [0, 0.05) is 6.07 Å². The first-order valence-electron chi connectivity index (χ1n) is 3.19. The van der Waals surface area contributed by atoms with Gasteiger partial charge in [-0.15, -0.1) is 0 Å². The van der Waals surface area contributed by atoms with Crippen molar-refractivity contribution in [2.45, 2.75) is 0 Å². The van der Waals surface area contributed by atoms with Gasteiger partial charge in [0.15, 0.2) is 0 Å². The molecule has 4 heteroatoms. The van der Waals surface area contributed by atoms with E-state index in [-0.39, 0.29) is 5.75 Å². The van der Waals surface area contributed by atoms with Gasteiger partial charge in [0.2, 0.25) is 0 Å². The van der Waals surface area contributed by atoms with Crippen LogP contribution in [0.15, 0.2) is 24.5 Å². The SMILES string of the molecule is Nc1cc(O)cn2nccc12. The number of nitrogen functional groups attached to an aromatic ring is 1. The molecule has 2 aromatic rings. The number of aromatic hydroxyl groups is 1. The Morgan fingerprint density at radius 3 is 3.18 bits per heavy atom. The van der Waals surface area contributed by atoms with Gasteiger partial charge in [0.05, 0.1) is 23.6 Å². The van der Waals surface area contributed by atoms with Crippen molar-refractivity contribution in [3.63, 3.8) is 0 Å². The molecule has 0 atom stereocenters. The Balaban J connectivity index is 2.91. The van der Waals surface area contributed by atoms with Crippen molar-refractivity contribution in [1.29, 1.82) is 0 Å². The average molecular weight is 149 g/mol. The molecule has 2 rings (SSSR count). The lowest BCUT2D eigenvalue weighted by atomic mass is 10.3. The molecule has 2 heterocycles.